The number of hydrogen-bond donors (Lipinski definition) is 1. The van der Waals surface area contributed by atoms with Crippen molar-refractivity contribution in [1.29, 1.82) is 0 Å². The molecule has 0 saturated carbocycles. The van der Waals surface area contributed by atoms with Crippen LogP contribution in [0.1, 0.15) is 11.1 Å². The number of rotatable bonds is 3. The summed E-state index contributed by atoms with van der Waals surface area (Å²) in [6.45, 7) is 3.02. The van der Waals surface area contributed by atoms with Crippen molar-refractivity contribution in [3.8, 4) is 0 Å². The summed E-state index contributed by atoms with van der Waals surface area (Å²) in [7, 11) is 1.95. The van der Waals surface area contributed by atoms with Gasteiger partial charge in [0.25, 0.3) is 0 Å². The quantitative estimate of drug-likeness (QED) is 0.582. The van der Waals surface area contributed by atoms with Crippen LogP contribution in [0.5, 0.6) is 0 Å². The van der Waals surface area contributed by atoms with Crippen molar-refractivity contribution in [2.24, 2.45) is 0 Å². The van der Waals surface area contributed by atoms with E-state index in [9.17, 15) is 0 Å². The van der Waals surface area contributed by atoms with Gasteiger partial charge in [-0.05, 0) is 12.5 Å². The molecule has 2 rings (SSSR count). The minimum absolute atomic E-state index is 0. The molecule has 0 unspecified atom stereocenters. The van der Waals surface area contributed by atoms with Crippen LogP contribution in [0.4, 0.5) is 5.69 Å². The fourth-order valence-corrected chi connectivity index (χ4v) is 1.76. The Balaban J connectivity index is 0.00000144. The molecule has 0 spiro atoms. The molecule has 0 atom stereocenters. The van der Waals surface area contributed by atoms with E-state index in [2.05, 4.69) is 59.5 Å². The van der Waals surface area contributed by atoms with Crippen molar-refractivity contribution in [3.63, 3.8) is 0 Å². The number of aryl methyl sites for hydroxylation is 1. The van der Waals surface area contributed by atoms with Crippen molar-refractivity contribution in [2.45, 2.75) is 13.5 Å². The van der Waals surface area contributed by atoms with Crippen LogP contribution in [0.2, 0.25) is 0 Å². The van der Waals surface area contributed by atoms with Gasteiger partial charge in [-0.3, -0.25) is 0 Å². The fourth-order valence-electron chi connectivity index (χ4n) is 1.76. The second-order valence-electron chi connectivity index (χ2n) is 3.95. The lowest BCUT2D eigenvalue weighted by atomic mass is 10.2. The largest absolute Gasteiger partial charge is 1.00 e. The topological polar surface area (TPSA) is 15.9 Å². The van der Waals surface area contributed by atoms with Crippen molar-refractivity contribution >= 4 is 5.69 Å². The molecule has 1 N–H and O–H groups in total. The maximum absolute atomic E-state index is 3.20. The van der Waals surface area contributed by atoms with Gasteiger partial charge in [0.05, 0.1) is 0 Å². The van der Waals surface area contributed by atoms with E-state index >= 15 is 0 Å². The van der Waals surface area contributed by atoms with Gasteiger partial charge in [-0.25, -0.2) is 0 Å². The Hall–Kier alpha value is -1.10. The number of pyridine rings is 1. The molecule has 0 aliphatic heterocycles. The zero-order valence-corrected chi connectivity index (χ0v) is 12.3. The summed E-state index contributed by atoms with van der Waals surface area (Å²) in [5, 5.41) is 3.20. The van der Waals surface area contributed by atoms with E-state index in [1.807, 2.05) is 13.1 Å². The molecule has 0 bridgehead atoms. The molecule has 0 saturated heterocycles. The normalized spacial score (nSPS) is 9.53. The summed E-state index contributed by atoms with van der Waals surface area (Å²) in [5.74, 6) is 0. The summed E-state index contributed by atoms with van der Waals surface area (Å²) in [5.41, 5.74) is 3.77. The van der Waals surface area contributed by atoms with Crippen LogP contribution in [0.15, 0.2) is 48.8 Å². The molecule has 0 aliphatic rings. The molecule has 17 heavy (non-hydrogen) atoms. The van der Waals surface area contributed by atoms with Gasteiger partial charge in [0.2, 0.25) is 0 Å². The lowest BCUT2D eigenvalue weighted by Crippen LogP contribution is -3.00. The van der Waals surface area contributed by atoms with E-state index < -0.39 is 0 Å². The first kappa shape index (κ1) is 14.0. The number of anilines is 1. The molecule has 0 fully saturated rings. The Kier molecular flexibility index (Phi) is 5.41. The standard InChI is InChI=1S/C14H17N2.HI/c1-12-8-9-16(11-14(12)15-2)10-13-6-4-3-5-7-13;/h3-9,11,15H,10H2,1-2H3;1H/q+1;/p-1. The summed E-state index contributed by atoms with van der Waals surface area (Å²) in [6, 6.07) is 12.6. The van der Waals surface area contributed by atoms with Gasteiger partial charge in [-0.1, -0.05) is 30.3 Å². The first-order valence-corrected chi connectivity index (χ1v) is 5.51. The van der Waals surface area contributed by atoms with E-state index in [1.165, 1.54) is 16.8 Å². The lowest BCUT2D eigenvalue weighted by molar-refractivity contribution is -0.687. The zero-order valence-electron chi connectivity index (χ0n) is 10.2. The predicted molar refractivity (Wildman–Crippen MR) is 66.5 cm³/mol. The third kappa shape index (κ3) is 3.70. The first-order chi connectivity index (χ1) is 7.79. The number of aromatic nitrogens is 1. The number of nitrogens with one attached hydrogen (secondary N) is 1. The molecule has 2 aromatic rings. The Morgan fingerprint density at radius 3 is 2.47 bits per heavy atom. The van der Waals surface area contributed by atoms with Crippen LogP contribution < -0.4 is 33.9 Å². The van der Waals surface area contributed by atoms with Crippen molar-refractivity contribution < 1.29 is 28.5 Å². The zero-order chi connectivity index (χ0) is 11.4. The number of halogens is 1. The van der Waals surface area contributed by atoms with Crippen LogP contribution >= 0.6 is 0 Å². The highest BCUT2D eigenvalue weighted by atomic mass is 127. The molecule has 0 amide bonds. The van der Waals surface area contributed by atoms with Crippen LogP contribution in [0, 0.1) is 6.92 Å². The highest BCUT2D eigenvalue weighted by Crippen LogP contribution is 2.09. The van der Waals surface area contributed by atoms with Gasteiger partial charge in [0.1, 0.15) is 5.69 Å². The Bertz CT molecular complexity index is 469. The van der Waals surface area contributed by atoms with Crippen LogP contribution in [0.3, 0.4) is 0 Å². The maximum Gasteiger partial charge on any atom is 0.192 e. The minimum atomic E-state index is 0. The predicted octanol–water partition coefficient (Wildman–Crippen LogP) is -0.623. The maximum atomic E-state index is 3.20. The van der Waals surface area contributed by atoms with Gasteiger partial charge < -0.3 is 29.3 Å². The third-order valence-electron chi connectivity index (χ3n) is 2.71. The van der Waals surface area contributed by atoms with Gasteiger partial charge in [0.15, 0.2) is 18.9 Å². The molecule has 2 nitrogen and oxygen atoms in total. The molecule has 1 aromatic heterocycles. The van der Waals surface area contributed by atoms with Gasteiger partial charge in [-0.2, -0.15) is 4.57 Å². The average Bonchev–Trinajstić information content (AvgIpc) is 2.33. The number of nitrogens with zero attached hydrogens (tertiary/aromatic N) is 1. The van der Waals surface area contributed by atoms with E-state index in [1.54, 1.807) is 0 Å². The summed E-state index contributed by atoms with van der Waals surface area (Å²) >= 11 is 0. The van der Waals surface area contributed by atoms with Gasteiger partial charge in [0, 0.05) is 18.7 Å². The molecule has 90 valence electrons. The van der Waals surface area contributed by atoms with Gasteiger partial charge in [-0.15, -0.1) is 0 Å². The summed E-state index contributed by atoms with van der Waals surface area (Å²) in [4.78, 5) is 0. The SMILES string of the molecule is CNc1c[n+](Cc2ccccc2)ccc1C.[I-]. The smallest absolute Gasteiger partial charge is 0.192 e. The monoisotopic (exact) mass is 340 g/mol. The average molecular weight is 340 g/mol. The summed E-state index contributed by atoms with van der Waals surface area (Å²) in [6.07, 6.45) is 4.26. The minimum Gasteiger partial charge on any atom is -1.00 e. The van der Waals surface area contributed by atoms with E-state index in [4.69, 9.17) is 0 Å². The Labute approximate surface area is 120 Å². The second kappa shape index (κ2) is 6.59. The van der Waals surface area contributed by atoms with Crippen LogP contribution in [-0.4, -0.2) is 7.05 Å². The Morgan fingerprint density at radius 1 is 1.12 bits per heavy atom. The first-order valence-electron chi connectivity index (χ1n) is 5.51. The van der Waals surface area contributed by atoms with Crippen molar-refractivity contribution in [2.75, 3.05) is 12.4 Å². The molecule has 0 radical (unpaired) electrons. The van der Waals surface area contributed by atoms with E-state index in [0.29, 0.717) is 0 Å². The fraction of sp³-hybridized carbons (Fsp3) is 0.214. The molecular formula is C14H17IN2. The summed E-state index contributed by atoms with van der Waals surface area (Å²) < 4.78 is 2.19. The third-order valence-corrected chi connectivity index (χ3v) is 2.71. The van der Waals surface area contributed by atoms with E-state index in [-0.39, 0.29) is 24.0 Å². The van der Waals surface area contributed by atoms with Crippen LogP contribution in [0.25, 0.3) is 0 Å². The lowest BCUT2D eigenvalue weighted by Gasteiger charge is -2.03. The highest BCUT2D eigenvalue weighted by Gasteiger charge is 2.05. The van der Waals surface area contributed by atoms with Gasteiger partial charge >= 0.3 is 0 Å². The molecule has 1 aromatic carbocycles. The highest BCUT2D eigenvalue weighted by molar-refractivity contribution is 5.45. The second-order valence-corrected chi connectivity index (χ2v) is 3.95. The van der Waals surface area contributed by atoms with Crippen molar-refractivity contribution in [3.05, 3.63) is 59.9 Å². The number of benzene rings is 1. The number of hydrogen-bond acceptors (Lipinski definition) is 1. The molecule has 1 heterocycles. The molecule has 3 heteroatoms. The molecular weight excluding hydrogens is 323 g/mol. The van der Waals surface area contributed by atoms with Crippen LogP contribution in [-0.2, 0) is 6.54 Å². The van der Waals surface area contributed by atoms with E-state index in [0.717, 1.165) is 6.54 Å². The molecule has 0 aliphatic carbocycles. The van der Waals surface area contributed by atoms with Crippen molar-refractivity contribution in [1.82, 2.24) is 0 Å². The Morgan fingerprint density at radius 2 is 1.82 bits per heavy atom.